The lowest BCUT2D eigenvalue weighted by molar-refractivity contribution is -0.870. The third-order valence-corrected chi connectivity index (χ3v) is 14.2. The zero-order chi connectivity index (χ0) is 49.8. The Balaban J connectivity index is 4.01. The highest BCUT2D eigenvalue weighted by molar-refractivity contribution is 7.47. The molecule has 68 heavy (non-hydrogen) atoms. The predicted octanol–water partition coefficient (Wildman–Crippen LogP) is 18.7. The number of esters is 1. The number of nitrogens with zero attached hydrogens (tertiary/aromatic N) is 1. The molecule has 0 saturated carbocycles. The molecule has 0 aliphatic rings. The van der Waals surface area contributed by atoms with Gasteiger partial charge in [0.1, 0.15) is 19.3 Å². The van der Waals surface area contributed by atoms with Crippen molar-refractivity contribution in [1.82, 2.24) is 0 Å². The highest BCUT2D eigenvalue weighted by Gasteiger charge is 2.26. The largest absolute Gasteiger partial charge is 0.472 e. The fourth-order valence-corrected chi connectivity index (χ4v) is 9.45. The summed E-state index contributed by atoms with van der Waals surface area (Å²) >= 11 is 0. The van der Waals surface area contributed by atoms with E-state index in [9.17, 15) is 14.3 Å². The first-order valence-corrected chi connectivity index (χ1v) is 31.1. The van der Waals surface area contributed by atoms with Crippen LogP contribution < -0.4 is 0 Å². The summed E-state index contributed by atoms with van der Waals surface area (Å²) in [5.74, 6) is -0.306. The maximum atomic E-state index is 12.8. The van der Waals surface area contributed by atoms with Crippen molar-refractivity contribution < 1.29 is 37.3 Å². The lowest BCUT2D eigenvalue weighted by Gasteiger charge is -2.24. The van der Waals surface area contributed by atoms with Crippen molar-refractivity contribution in [2.75, 3.05) is 54.1 Å². The number of likely N-dealkylation sites (N-methyl/N-ethyl adjacent to an activating group) is 1. The van der Waals surface area contributed by atoms with Crippen molar-refractivity contribution in [2.24, 2.45) is 0 Å². The van der Waals surface area contributed by atoms with Crippen LogP contribution in [0.5, 0.6) is 0 Å². The molecule has 1 N–H and O–H groups in total. The SMILES string of the molecule is CCCCCCC/C=C\C/C=C\CCCCCCCCCCCCCCCCOCC(COP(=O)(O)OCC[N+](C)(C)C)OC(=O)CCCCCCCCCCCCCCCCCCCCCC. The van der Waals surface area contributed by atoms with Gasteiger partial charge in [-0.05, 0) is 44.9 Å². The lowest BCUT2D eigenvalue weighted by Crippen LogP contribution is -2.37. The van der Waals surface area contributed by atoms with Gasteiger partial charge < -0.3 is 18.9 Å². The number of carbonyl (C=O) groups is 1. The van der Waals surface area contributed by atoms with Gasteiger partial charge in [-0.15, -0.1) is 0 Å². The first-order chi connectivity index (χ1) is 33.1. The molecular formula is C59H117NO7P+. The molecule has 0 radical (unpaired) electrons. The fraction of sp³-hybridized carbons (Fsp3) is 0.915. The van der Waals surface area contributed by atoms with Gasteiger partial charge in [-0.25, -0.2) is 4.57 Å². The number of phosphoric acid groups is 1. The molecule has 0 aliphatic heterocycles. The summed E-state index contributed by atoms with van der Waals surface area (Å²) in [6, 6.07) is 0. The molecule has 0 fully saturated rings. The molecule has 2 atom stereocenters. The fourth-order valence-electron chi connectivity index (χ4n) is 8.71. The number of ether oxygens (including phenoxy) is 2. The van der Waals surface area contributed by atoms with Gasteiger partial charge in [-0.3, -0.25) is 13.8 Å². The summed E-state index contributed by atoms with van der Waals surface area (Å²) in [5, 5.41) is 0. The Morgan fingerprint density at radius 2 is 0.809 bits per heavy atom. The van der Waals surface area contributed by atoms with Gasteiger partial charge in [0, 0.05) is 13.0 Å². The van der Waals surface area contributed by atoms with Crippen LogP contribution in [0.1, 0.15) is 290 Å². The molecule has 0 heterocycles. The lowest BCUT2D eigenvalue weighted by atomic mass is 10.0. The predicted molar refractivity (Wildman–Crippen MR) is 293 cm³/mol. The van der Waals surface area contributed by atoms with Gasteiger partial charge >= 0.3 is 13.8 Å². The van der Waals surface area contributed by atoms with E-state index in [2.05, 4.69) is 38.2 Å². The number of phosphoric ester groups is 1. The highest BCUT2D eigenvalue weighted by atomic mass is 31.2. The Hall–Kier alpha value is -1.02. The smallest absolute Gasteiger partial charge is 0.457 e. The maximum absolute atomic E-state index is 12.8. The molecule has 404 valence electrons. The van der Waals surface area contributed by atoms with Crippen LogP contribution in [0.4, 0.5) is 0 Å². The summed E-state index contributed by atoms with van der Waals surface area (Å²) in [6.07, 6.45) is 63.9. The second-order valence-electron chi connectivity index (χ2n) is 21.4. The van der Waals surface area contributed by atoms with Gasteiger partial charge in [0.25, 0.3) is 0 Å². The summed E-state index contributed by atoms with van der Waals surface area (Å²) in [7, 11) is 1.69. The number of hydrogen-bond donors (Lipinski definition) is 1. The van der Waals surface area contributed by atoms with Crippen LogP contribution in [0.25, 0.3) is 0 Å². The Morgan fingerprint density at radius 1 is 0.456 bits per heavy atom. The van der Waals surface area contributed by atoms with Crippen LogP contribution >= 0.6 is 7.82 Å². The molecule has 0 aromatic rings. The topological polar surface area (TPSA) is 91.3 Å². The summed E-state index contributed by atoms with van der Waals surface area (Å²) < 4.78 is 35.3. The molecule has 0 amide bonds. The minimum Gasteiger partial charge on any atom is -0.457 e. The summed E-state index contributed by atoms with van der Waals surface area (Å²) in [4.78, 5) is 23.1. The average Bonchev–Trinajstić information content (AvgIpc) is 3.30. The van der Waals surface area contributed by atoms with Crippen LogP contribution in [0.3, 0.4) is 0 Å². The molecule has 0 aromatic heterocycles. The van der Waals surface area contributed by atoms with E-state index >= 15 is 0 Å². The van der Waals surface area contributed by atoms with E-state index < -0.39 is 13.9 Å². The van der Waals surface area contributed by atoms with Crippen molar-refractivity contribution in [3.05, 3.63) is 24.3 Å². The maximum Gasteiger partial charge on any atom is 0.472 e. The van der Waals surface area contributed by atoms with Crippen LogP contribution in [0, 0.1) is 0 Å². The number of hydrogen-bond acceptors (Lipinski definition) is 6. The van der Waals surface area contributed by atoms with Crippen LogP contribution in [-0.2, 0) is 27.9 Å². The Kier molecular flexibility index (Phi) is 51.5. The van der Waals surface area contributed by atoms with Crippen molar-refractivity contribution in [3.8, 4) is 0 Å². The van der Waals surface area contributed by atoms with E-state index in [0.717, 1.165) is 38.5 Å². The van der Waals surface area contributed by atoms with Gasteiger partial charge in [-0.2, -0.15) is 0 Å². The quantitative estimate of drug-likeness (QED) is 0.0213. The van der Waals surface area contributed by atoms with Crippen LogP contribution in [-0.4, -0.2) is 75.6 Å². The second-order valence-corrected chi connectivity index (χ2v) is 22.8. The van der Waals surface area contributed by atoms with Gasteiger partial charge in [0.15, 0.2) is 0 Å². The first-order valence-electron chi connectivity index (χ1n) is 29.6. The van der Waals surface area contributed by atoms with E-state index in [-0.39, 0.29) is 25.8 Å². The molecule has 0 aromatic carbocycles. The third-order valence-electron chi connectivity index (χ3n) is 13.3. The zero-order valence-corrected chi connectivity index (χ0v) is 47.0. The molecular weight excluding hydrogens is 866 g/mol. The van der Waals surface area contributed by atoms with Crippen molar-refractivity contribution in [3.63, 3.8) is 0 Å². The molecule has 8 nitrogen and oxygen atoms in total. The van der Waals surface area contributed by atoms with Gasteiger partial charge in [0.2, 0.25) is 0 Å². The monoisotopic (exact) mass is 983 g/mol. The van der Waals surface area contributed by atoms with E-state index in [0.29, 0.717) is 24.1 Å². The number of quaternary nitrogens is 1. The number of allylic oxidation sites excluding steroid dienone is 4. The van der Waals surface area contributed by atoms with E-state index in [1.807, 2.05) is 21.1 Å². The van der Waals surface area contributed by atoms with E-state index in [1.54, 1.807) is 0 Å². The molecule has 0 bridgehead atoms. The number of unbranched alkanes of at least 4 members (excludes halogenated alkanes) is 38. The summed E-state index contributed by atoms with van der Waals surface area (Å²) in [5.41, 5.74) is 0. The molecule has 0 spiro atoms. The molecule has 0 aliphatic carbocycles. The van der Waals surface area contributed by atoms with E-state index in [4.69, 9.17) is 18.5 Å². The first kappa shape index (κ1) is 67.0. The zero-order valence-electron chi connectivity index (χ0n) is 46.1. The second kappa shape index (κ2) is 52.3. The average molecular weight is 984 g/mol. The van der Waals surface area contributed by atoms with Crippen molar-refractivity contribution in [1.29, 1.82) is 0 Å². The molecule has 0 rings (SSSR count). The Morgan fingerprint density at radius 3 is 1.19 bits per heavy atom. The van der Waals surface area contributed by atoms with Crippen LogP contribution in [0.2, 0.25) is 0 Å². The van der Waals surface area contributed by atoms with Gasteiger partial charge in [-0.1, -0.05) is 263 Å². The normalized spacial score (nSPS) is 13.6. The Labute approximate surface area is 423 Å². The van der Waals surface area contributed by atoms with Gasteiger partial charge in [0.05, 0.1) is 34.4 Å². The van der Waals surface area contributed by atoms with Crippen LogP contribution in [0.15, 0.2) is 24.3 Å². The minimum absolute atomic E-state index is 0.0918. The number of carbonyl (C=O) groups excluding carboxylic acids is 1. The number of rotatable bonds is 56. The minimum atomic E-state index is -4.28. The molecule has 0 saturated heterocycles. The molecule has 2 unspecified atom stereocenters. The summed E-state index contributed by atoms with van der Waals surface area (Å²) in [6.45, 7) is 5.68. The van der Waals surface area contributed by atoms with E-state index in [1.165, 1.54) is 231 Å². The van der Waals surface area contributed by atoms with Crippen molar-refractivity contribution in [2.45, 2.75) is 296 Å². The molecule has 9 heteroatoms. The standard InChI is InChI=1S/C59H116NO7P/c1-6-8-10-12-14-16-18-20-22-24-26-28-29-30-31-32-33-35-37-39-41-43-45-47-49-51-54-64-56-58(57-66-68(62,63)65-55-53-60(3,4)5)67-59(61)52-50-48-46-44-42-40-38-36-34-27-25-23-21-19-17-15-13-11-9-7-2/h18,20,24,26,58H,6-17,19,21-23,25,27-57H2,1-5H3/p+1/b20-18-,26-24-. The van der Waals surface area contributed by atoms with Crippen molar-refractivity contribution >= 4 is 13.8 Å². The third kappa shape index (κ3) is 55.9. The highest BCUT2D eigenvalue weighted by Crippen LogP contribution is 2.43. The Bertz CT molecular complexity index is 1140.